The van der Waals surface area contributed by atoms with E-state index in [9.17, 15) is 19.5 Å². The highest BCUT2D eigenvalue weighted by atomic mass is 32.1. The van der Waals surface area contributed by atoms with Gasteiger partial charge in [-0.3, -0.25) is 4.90 Å². The van der Waals surface area contributed by atoms with E-state index in [0.29, 0.717) is 28.6 Å². The van der Waals surface area contributed by atoms with E-state index in [1.165, 1.54) is 12.0 Å². The third kappa shape index (κ3) is 6.97. The molecule has 0 unspecified atom stereocenters. The number of nitrogens with one attached hydrogen (secondary N) is 1. The predicted octanol–water partition coefficient (Wildman–Crippen LogP) is 7.07. The quantitative estimate of drug-likeness (QED) is 0.249. The maximum atomic E-state index is 13.6. The average Bonchev–Trinajstić information content (AvgIpc) is 3.27. The first kappa shape index (κ1) is 28.2. The molecule has 39 heavy (non-hydrogen) atoms. The van der Waals surface area contributed by atoms with Crippen LogP contribution in [-0.4, -0.2) is 41.3 Å². The smallest absolute Gasteiger partial charge is 0.349 e. The summed E-state index contributed by atoms with van der Waals surface area (Å²) in [5, 5.41) is 21.8. The maximum absolute atomic E-state index is 13.6. The number of aromatic carboxylic acids is 1. The van der Waals surface area contributed by atoms with Crippen molar-refractivity contribution in [3.05, 3.63) is 64.5 Å². The van der Waals surface area contributed by atoms with E-state index in [-0.39, 0.29) is 16.7 Å². The number of carbonyl (C=O) groups is 3. The van der Waals surface area contributed by atoms with Gasteiger partial charge in [-0.05, 0) is 67.5 Å². The zero-order chi connectivity index (χ0) is 27.9. The summed E-state index contributed by atoms with van der Waals surface area (Å²) in [7, 11) is 0. The minimum absolute atomic E-state index is 0.0542. The standard InChI is InChI=1S/C30H34N2O6S/c1-3-20-12-14-23(15-13-20)31-30(37)32(17-21-8-5-4-6-9-21)24-11-7-10-22(16-24)27-19(2)26(38-18-25(33)34)28(39-27)29(35)36/h7,10-16,21H,3-6,8-9,17-18H2,1-2H3,(H,31,37)(H,33,34)(H,35,36). The molecule has 1 aliphatic carbocycles. The Bertz CT molecular complexity index is 1330. The van der Waals surface area contributed by atoms with Crippen LogP contribution in [-0.2, 0) is 11.2 Å². The minimum Gasteiger partial charge on any atom is -0.480 e. The normalized spacial score (nSPS) is 13.6. The molecule has 0 saturated heterocycles. The maximum Gasteiger partial charge on any atom is 0.349 e. The number of aryl methyl sites for hydroxylation is 1. The first-order valence-electron chi connectivity index (χ1n) is 13.3. The van der Waals surface area contributed by atoms with Gasteiger partial charge in [-0.25, -0.2) is 14.4 Å². The molecule has 1 aliphatic rings. The average molecular weight is 551 g/mol. The fourth-order valence-electron chi connectivity index (χ4n) is 4.99. The Morgan fingerprint density at radius 1 is 1.05 bits per heavy atom. The summed E-state index contributed by atoms with van der Waals surface area (Å²) in [5.74, 6) is -1.91. The van der Waals surface area contributed by atoms with Crippen molar-refractivity contribution < 1.29 is 29.3 Å². The number of amides is 2. The molecule has 9 heteroatoms. The number of benzene rings is 2. The van der Waals surface area contributed by atoms with Gasteiger partial charge in [0.2, 0.25) is 0 Å². The highest BCUT2D eigenvalue weighted by molar-refractivity contribution is 7.18. The fraction of sp³-hybridized carbons (Fsp3) is 0.367. The van der Waals surface area contributed by atoms with Crippen molar-refractivity contribution in [2.75, 3.05) is 23.4 Å². The van der Waals surface area contributed by atoms with Crippen molar-refractivity contribution in [3.8, 4) is 16.2 Å². The summed E-state index contributed by atoms with van der Waals surface area (Å²) in [6.45, 7) is 3.75. The number of carbonyl (C=O) groups excluding carboxylic acids is 1. The topological polar surface area (TPSA) is 116 Å². The molecule has 0 radical (unpaired) electrons. The molecule has 1 saturated carbocycles. The molecule has 8 nitrogen and oxygen atoms in total. The summed E-state index contributed by atoms with van der Waals surface area (Å²) >= 11 is 1.03. The summed E-state index contributed by atoms with van der Waals surface area (Å²) in [5.41, 5.74) is 3.91. The van der Waals surface area contributed by atoms with Crippen molar-refractivity contribution in [2.45, 2.75) is 52.4 Å². The van der Waals surface area contributed by atoms with Gasteiger partial charge in [0.1, 0.15) is 5.75 Å². The number of thiophene rings is 1. The lowest BCUT2D eigenvalue weighted by Gasteiger charge is -2.30. The minimum atomic E-state index is -1.19. The monoisotopic (exact) mass is 550 g/mol. The van der Waals surface area contributed by atoms with Gasteiger partial charge in [0.15, 0.2) is 11.5 Å². The van der Waals surface area contributed by atoms with Crippen LogP contribution < -0.4 is 15.0 Å². The van der Waals surface area contributed by atoms with Crippen LogP contribution in [0.25, 0.3) is 10.4 Å². The molecule has 1 aromatic heterocycles. The number of nitrogens with zero attached hydrogens (tertiary/aromatic N) is 1. The molecular formula is C30H34N2O6S. The number of aliphatic carboxylic acids is 1. The first-order valence-corrected chi connectivity index (χ1v) is 14.1. The number of urea groups is 1. The van der Waals surface area contributed by atoms with Gasteiger partial charge in [-0.15, -0.1) is 11.3 Å². The molecule has 206 valence electrons. The van der Waals surface area contributed by atoms with Crippen molar-refractivity contribution in [1.82, 2.24) is 0 Å². The number of carboxylic acid groups (broad SMARTS) is 2. The highest BCUT2D eigenvalue weighted by Gasteiger charge is 2.26. The van der Waals surface area contributed by atoms with E-state index < -0.39 is 18.5 Å². The van der Waals surface area contributed by atoms with E-state index >= 15 is 0 Å². The van der Waals surface area contributed by atoms with Gasteiger partial charge in [0.25, 0.3) is 0 Å². The largest absolute Gasteiger partial charge is 0.480 e. The van der Waals surface area contributed by atoms with Gasteiger partial charge in [0.05, 0.1) is 0 Å². The zero-order valence-electron chi connectivity index (χ0n) is 22.2. The lowest BCUT2D eigenvalue weighted by molar-refractivity contribution is -0.139. The number of rotatable bonds is 10. The lowest BCUT2D eigenvalue weighted by Crippen LogP contribution is -2.39. The van der Waals surface area contributed by atoms with E-state index in [4.69, 9.17) is 9.84 Å². The van der Waals surface area contributed by atoms with Gasteiger partial charge < -0.3 is 20.3 Å². The molecule has 1 fully saturated rings. The number of carboxylic acids is 2. The van der Waals surface area contributed by atoms with Crippen molar-refractivity contribution >= 4 is 40.7 Å². The van der Waals surface area contributed by atoms with Gasteiger partial charge >= 0.3 is 18.0 Å². The molecular weight excluding hydrogens is 516 g/mol. The zero-order valence-corrected chi connectivity index (χ0v) is 23.1. The number of ether oxygens (including phenoxy) is 1. The van der Waals surface area contributed by atoms with Crippen LogP contribution in [0.15, 0.2) is 48.5 Å². The van der Waals surface area contributed by atoms with Crippen LogP contribution >= 0.6 is 11.3 Å². The van der Waals surface area contributed by atoms with E-state index in [1.807, 2.05) is 48.5 Å². The molecule has 2 aromatic carbocycles. The molecule has 0 spiro atoms. The van der Waals surface area contributed by atoms with Gasteiger partial charge in [-0.2, -0.15) is 0 Å². The Labute approximate surface area is 232 Å². The number of hydrogen-bond acceptors (Lipinski definition) is 5. The Morgan fingerprint density at radius 2 is 1.77 bits per heavy atom. The van der Waals surface area contributed by atoms with Crippen molar-refractivity contribution in [1.29, 1.82) is 0 Å². The van der Waals surface area contributed by atoms with Crippen LogP contribution in [0.2, 0.25) is 0 Å². The molecule has 2 amide bonds. The SMILES string of the molecule is CCc1ccc(NC(=O)N(CC2CCCCC2)c2cccc(-c3sc(C(=O)O)c(OCC(=O)O)c3C)c2)cc1. The lowest BCUT2D eigenvalue weighted by atomic mass is 9.89. The summed E-state index contributed by atoms with van der Waals surface area (Å²) in [6.07, 6.45) is 6.60. The molecule has 4 rings (SSSR count). The molecule has 0 bridgehead atoms. The van der Waals surface area contributed by atoms with Crippen LogP contribution in [0.1, 0.15) is 59.8 Å². The predicted molar refractivity (Wildman–Crippen MR) is 153 cm³/mol. The van der Waals surface area contributed by atoms with E-state index in [1.54, 1.807) is 11.8 Å². The Hall–Kier alpha value is -3.85. The second-order valence-corrected chi connectivity index (χ2v) is 10.9. The van der Waals surface area contributed by atoms with E-state index in [2.05, 4.69) is 12.2 Å². The summed E-state index contributed by atoms with van der Waals surface area (Å²) in [6, 6.07) is 15.1. The second-order valence-electron chi connectivity index (χ2n) is 9.85. The molecule has 1 heterocycles. The molecule has 3 aromatic rings. The molecule has 3 N–H and O–H groups in total. The number of hydrogen-bond donors (Lipinski definition) is 3. The van der Waals surface area contributed by atoms with E-state index in [0.717, 1.165) is 54.7 Å². The van der Waals surface area contributed by atoms with Gasteiger partial charge in [-0.1, -0.05) is 50.5 Å². The van der Waals surface area contributed by atoms with Crippen LogP contribution in [0.3, 0.4) is 0 Å². The summed E-state index contributed by atoms with van der Waals surface area (Å²) < 4.78 is 5.35. The molecule has 0 atom stereocenters. The van der Waals surface area contributed by atoms with Crippen LogP contribution in [0.4, 0.5) is 16.2 Å². The Morgan fingerprint density at radius 3 is 2.41 bits per heavy atom. The summed E-state index contributed by atoms with van der Waals surface area (Å²) in [4.78, 5) is 38.9. The second kappa shape index (κ2) is 12.8. The third-order valence-electron chi connectivity index (χ3n) is 7.07. The third-order valence-corrected chi connectivity index (χ3v) is 8.38. The Kier molecular flexibility index (Phi) is 9.24. The fourth-order valence-corrected chi connectivity index (χ4v) is 6.07. The van der Waals surface area contributed by atoms with Crippen molar-refractivity contribution in [3.63, 3.8) is 0 Å². The van der Waals surface area contributed by atoms with Crippen LogP contribution in [0, 0.1) is 12.8 Å². The Balaban J connectivity index is 1.67. The first-order chi connectivity index (χ1) is 18.8. The number of anilines is 2. The molecule has 0 aliphatic heterocycles. The van der Waals surface area contributed by atoms with Crippen molar-refractivity contribution in [2.24, 2.45) is 5.92 Å². The van der Waals surface area contributed by atoms with Gasteiger partial charge in [0, 0.05) is 28.4 Å². The highest BCUT2D eigenvalue weighted by Crippen LogP contribution is 2.42. The van der Waals surface area contributed by atoms with Crippen LogP contribution in [0.5, 0.6) is 5.75 Å².